The van der Waals surface area contributed by atoms with Crippen LogP contribution in [0.25, 0.3) is 0 Å². The molecule has 2 aromatic rings. The van der Waals surface area contributed by atoms with Crippen molar-refractivity contribution in [1.82, 2.24) is 25.0 Å². The smallest absolute Gasteiger partial charge is 0.271 e. The van der Waals surface area contributed by atoms with Gasteiger partial charge in [0.2, 0.25) is 0 Å². The van der Waals surface area contributed by atoms with E-state index in [0.29, 0.717) is 18.8 Å². The van der Waals surface area contributed by atoms with Crippen LogP contribution in [0.5, 0.6) is 5.75 Å². The van der Waals surface area contributed by atoms with Crippen LogP contribution < -0.4 is 10.1 Å². The van der Waals surface area contributed by atoms with E-state index < -0.39 is 0 Å². The first kappa shape index (κ1) is 17.0. The second-order valence-corrected chi connectivity index (χ2v) is 6.54. The van der Waals surface area contributed by atoms with E-state index in [4.69, 9.17) is 9.47 Å². The van der Waals surface area contributed by atoms with Crippen LogP contribution in [0.3, 0.4) is 0 Å². The van der Waals surface area contributed by atoms with Crippen LogP contribution in [0.15, 0.2) is 30.6 Å². The van der Waals surface area contributed by atoms with Gasteiger partial charge in [0, 0.05) is 50.7 Å². The SMILES string of the molecule is O=C(NCCN1CCOCC1)c1cc2n(n1)C[C@@H](Oc1ccncc1)C2. The van der Waals surface area contributed by atoms with Crippen molar-refractivity contribution in [3.63, 3.8) is 0 Å². The summed E-state index contributed by atoms with van der Waals surface area (Å²) in [6.07, 6.45) is 4.21. The molecule has 8 heteroatoms. The molecule has 4 heterocycles. The minimum atomic E-state index is -0.119. The molecule has 138 valence electrons. The lowest BCUT2D eigenvalue weighted by Crippen LogP contribution is -2.41. The lowest BCUT2D eigenvalue weighted by Gasteiger charge is -2.26. The fraction of sp³-hybridized carbons (Fsp3) is 0.500. The normalized spacial score (nSPS) is 19.9. The Morgan fingerprint density at radius 1 is 1.31 bits per heavy atom. The van der Waals surface area contributed by atoms with Crippen LogP contribution in [-0.4, -0.2) is 71.1 Å². The quantitative estimate of drug-likeness (QED) is 0.803. The van der Waals surface area contributed by atoms with Gasteiger partial charge in [-0.25, -0.2) is 0 Å². The Kier molecular flexibility index (Phi) is 5.12. The Bertz CT molecular complexity index is 719. The van der Waals surface area contributed by atoms with E-state index in [2.05, 4.69) is 20.3 Å². The highest BCUT2D eigenvalue weighted by atomic mass is 16.5. The number of hydrogen-bond acceptors (Lipinski definition) is 6. The molecule has 1 saturated heterocycles. The van der Waals surface area contributed by atoms with Crippen LogP contribution in [-0.2, 0) is 17.7 Å². The van der Waals surface area contributed by atoms with Gasteiger partial charge in [0.05, 0.1) is 19.8 Å². The van der Waals surface area contributed by atoms with E-state index in [9.17, 15) is 4.79 Å². The number of fused-ring (bicyclic) bond motifs is 1. The van der Waals surface area contributed by atoms with Gasteiger partial charge in [-0.15, -0.1) is 0 Å². The van der Waals surface area contributed by atoms with Crippen molar-refractivity contribution in [2.24, 2.45) is 0 Å². The van der Waals surface area contributed by atoms with Crippen molar-refractivity contribution < 1.29 is 14.3 Å². The highest BCUT2D eigenvalue weighted by Crippen LogP contribution is 2.21. The van der Waals surface area contributed by atoms with Gasteiger partial charge < -0.3 is 14.8 Å². The van der Waals surface area contributed by atoms with E-state index in [0.717, 1.165) is 50.7 Å². The first-order chi connectivity index (χ1) is 12.8. The fourth-order valence-electron chi connectivity index (χ4n) is 3.31. The minimum Gasteiger partial charge on any atom is -0.488 e. The summed E-state index contributed by atoms with van der Waals surface area (Å²) in [6.45, 7) is 5.49. The third kappa shape index (κ3) is 4.03. The van der Waals surface area contributed by atoms with E-state index >= 15 is 0 Å². The molecule has 0 spiro atoms. The maximum atomic E-state index is 12.3. The van der Waals surface area contributed by atoms with Crippen molar-refractivity contribution >= 4 is 5.91 Å². The first-order valence-corrected chi connectivity index (χ1v) is 8.99. The molecule has 4 rings (SSSR count). The summed E-state index contributed by atoms with van der Waals surface area (Å²) >= 11 is 0. The average molecular weight is 357 g/mol. The van der Waals surface area contributed by atoms with E-state index in [1.165, 1.54) is 0 Å². The standard InChI is InChI=1S/C18H23N5O3/c24-18(20-5-6-22-7-9-25-10-8-22)17-12-14-11-16(13-23(14)21-17)26-15-1-3-19-4-2-15/h1-4,12,16H,5-11,13H2,(H,20,24)/t16-/m0/s1. The first-order valence-electron chi connectivity index (χ1n) is 8.99. The number of pyridine rings is 1. The van der Waals surface area contributed by atoms with Gasteiger partial charge in [-0.1, -0.05) is 0 Å². The third-order valence-electron chi connectivity index (χ3n) is 4.68. The van der Waals surface area contributed by atoms with Crippen molar-refractivity contribution in [2.75, 3.05) is 39.4 Å². The molecule has 2 aromatic heterocycles. The Balaban J connectivity index is 1.25. The van der Waals surface area contributed by atoms with E-state index in [1.807, 2.05) is 22.9 Å². The molecule has 2 aliphatic rings. The van der Waals surface area contributed by atoms with Gasteiger partial charge >= 0.3 is 0 Å². The molecule has 8 nitrogen and oxygen atoms in total. The highest BCUT2D eigenvalue weighted by Gasteiger charge is 2.26. The minimum absolute atomic E-state index is 0.0401. The second kappa shape index (κ2) is 7.84. The zero-order valence-electron chi connectivity index (χ0n) is 14.6. The van der Waals surface area contributed by atoms with Gasteiger partial charge in [-0.3, -0.25) is 19.4 Å². The Morgan fingerprint density at radius 2 is 2.12 bits per heavy atom. The second-order valence-electron chi connectivity index (χ2n) is 6.54. The zero-order valence-corrected chi connectivity index (χ0v) is 14.6. The van der Waals surface area contributed by atoms with Gasteiger partial charge in [0.15, 0.2) is 0 Å². The maximum Gasteiger partial charge on any atom is 0.271 e. The molecule has 0 radical (unpaired) electrons. The number of morpholine rings is 1. The zero-order chi connectivity index (χ0) is 17.8. The predicted molar refractivity (Wildman–Crippen MR) is 94.2 cm³/mol. The Morgan fingerprint density at radius 3 is 2.88 bits per heavy atom. The van der Waals surface area contributed by atoms with Crippen LogP contribution in [0.4, 0.5) is 0 Å². The van der Waals surface area contributed by atoms with Gasteiger partial charge in [-0.05, 0) is 18.2 Å². The van der Waals surface area contributed by atoms with Crippen LogP contribution in [0.1, 0.15) is 16.2 Å². The fourth-order valence-corrected chi connectivity index (χ4v) is 3.31. The Hall–Kier alpha value is -2.45. The number of hydrogen-bond donors (Lipinski definition) is 1. The number of nitrogens with zero attached hydrogens (tertiary/aromatic N) is 4. The van der Waals surface area contributed by atoms with Crippen LogP contribution >= 0.6 is 0 Å². The summed E-state index contributed by atoms with van der Waals surface area (Å²) in [5.41, 5.74) is 1.51. The molecule has 0 unspecified atom stereocenters. The largest absolute Gasteiger partial charge is 0.488 e. The number of aromatic nitrogens is 3. The summed E-state index contributed by atoms with van der Waals surface area (Å²) in [7, 11) is 0. The third-order valence-corrected chi connectivity index (χ3v) is 4.68. The summed E-state index contributed by atoms with van der Waals surface area (Å²) in [6, 6.07) is 5.54. The van der Waals surface area contributed by atoms with Crippen LogP contribution in [0, 0.1) is 0 Å². The van der Waals surface area contributed by atoms with Gasteiger partial charge in [-0.2, -0.15) is 5.10 Å². The monoisotopic (exact) mass is 357 g/mol. The number of nitrogens with one attached hydrogen (secondary N) is 1. The van der Waals surface area contributed by atoms with Crippen molar-refractivity contribution in [2.45, 2.75) is 19.1 Å². The van der Waals surface area contributed by atoms with E-state index in [-0.39, 0.29) is 12.0 Å². The molecule has 1 N–H and O–H groups in total. The molecular formula is C18H23N5O3. The molecule has 26 heavy (non-hydrogen) atoms. The van der Waals surface area contributed by atoms with Crippen molar-refractivity contribution in [3.8, 4) is 5.75 Å². The molecule has 1 fully saturated rings. The van der Waals surface area contributed by atoms with E-state index in [1.54, 1.807) is 12.4 Å². The average Bonchev–Trinajstić information content (AvgIpc) is 3.22. The lowest BCUT2D eigenvalue weighted by molar-refractivity contribution is 0.0383. The predicted octanol–water partition coefficient (Wildman–Crippen LogP) is 0.344. The number of ether oxygens (including phenoxy) is 2. The number of amides is 1. The summed E-state index contributed by atoms with van der Waals surface area (Å²) in [5.74, 6) is 0.684. The summed E-state index contributed by atoms with van der Waals surface area (Å²) in [5, 5.41) is 7.38. The molecular weight excluding hydrogens is 334 g/mol. The summed E-state index contributed by atoms with van der Waals surface area (Å²) < 4.78 is 13.1. The topological polar surface area (TPSA) is 81.5 Å². The molecule has 1 amide bonds. The summed E-state index contributed by atoms with van der Waals surface area (Å²) in [4.78, 5) is 18.6. The van der Waals surface area contributed by atoms with Crippen molar-refractivity contribution in [3.05, 3.63) is 42.0 Å². The maximum absolute atomic E-state index is 12.3. The Labute approximate surface area is 152 Å². The van der Waals surface area contributed by atoms with Crippen molar-refractivity contribution in [1.29, 1.82) is 0 Å². The molecule has 0 bridgehead atoms. The molecule has 0 saturated carbocycles. The van der Waals surface area contributed by atoms with Gasteiger partial charge in [0.1, 0.15) is 17.5 Å². The highest BCUT2D eigenvalue weighted by molar-refractivity contribution is 5.92. The number of carbonyl (C=O) groups excluding carboxylic acids is 1. The number of carbonyl (C=O) groups is 1. The number of rotatable bonds is 6. The molecule has 2 aliphatic heterocycles. The molecule has 0 aromatic carbocycles. The molecule has 1 atom stereocenters. The van der Waals surface area contributed by atoms with Crippen LogP contribution in [0.2, 0.25) is 0 Å². The van der Waals surface area contributed by atoms with Gasteiger partial charge in [0.25, 0.3) is 5.91 Å². The lowest BCUT2D eigenvalue weighted by atomic mass is 10.2. The molecule has 0 aliphatic carbocycles.